The highest BCUT2D eigenvalue weighted by Gasteiger charge is 2.45. The third kappa shape index (κ3) is 3.20. The zero-order valence-electron chi connectivity index (χ0n) is 17.4. The molecule has 4 aromatic rings. The van der Waals surface area contributed by atoms with Crippen LogP contribution in [0.4, 0.5) is 10.1 Å². The number of nitrogens with two attached hydrogens (primary N) is 1. The number of anilines is 1. The van der Waals surface area contributed by atoms with Crippen molar-refractivity contribution in [3.05, 3.63) is 89.9 Å². The van der Waals surface area contributed by atoms with Gasteiger partial charge in [-0.2, -0.15) is 5.10 Å². The second kappa shape index (κ2) is 7.32. The second-order valence-corrected chi connectivity index (χ2v) is 8.21. The number of hydrogen-bond donors (Lipinski definition) is 1. The lowest BCUT2D eigenvalue weighted by Crippen LogP contribution is -2.33. The van der Waals surface area contributed by atoms with Crippen molar-refractivity contribution in [2.75, 3.05) is 4.90 Å². The van der Waals surface area contributed by atoms with E-state index in [4.69, 9.17) is 5.73 Å². The van der Waals surface area contributed by atoms with Crippen molar-refractivity contribution >= 4 is 22.5 Å². The molecule has 0 aliphatic carbocycles. The lowest BCUT2D eigenvalue weighted by atomic mass is 9.94. The number of fused-ring (bicyclic) bond motifs is 1. The third-order valence-electron chi connectivity index (χ3n) is 6.13. The Morgan fingerprint density at radius 2 is 1.74 bits per heavy atom. The monoisotopic (exact) mass is 414 g/mol. The molecule has 1 saturated heterocycles. The summed E-state index contributed by atoms with van der Waals surface area (Å²) in [4.78, 5) is 15.0. The van der Waals surface area contributed by atoms with Crippen LogP contribution in [0.5, 0.6) is 0 Å². The van der Waals surface area contributed by atoms with Gasteiger partial charge in [-0.1, -0.05) is 36.8 Å². The van der Waals surface area contributed by atoms with Crippen molar-refractivity contribution < 1.29 is 9.18 Å². The maximum absolute atomic E-state index is 13.3. The molecule has 1 fully saturated rings. The number of carbonyl (C=O) groups is 1. The van der Waals surface area contributed by atoms with E-state index in [0.29, 0.717) is 0 Å². The molecule has 3 atom stereocenters. The molecule has 1 amide bonds. The lowest BCUT2D eigenvalue weighted by molar-refractivity contribution is -0.120. The van der Waals surface area contributed by atoms with Gasteiger partial charge in [-0.3, -0.25) is 4.79 Å². The minimum atomic E-state index is -0.299. The van der Waals surface area contributed by atoms with Crippen molar-refractivity contribution in [3.8, 4) is 5.69 Å². The van der Waals surface area contributed by atoms with Gasteiger partial charge in [-0.15, -0.1) is 0 Å². The molecule has 0 saturated carbocycles. The van der Waals surface area contributed by atoms with Crippen LogP contribution in [-0.2, 0) is 4.79 Å². The Labute approximate surface area is 179 Å². The fourth-order valence-electron chi connectivity index (χ4n) is 4.44. The van der Waals surface area contributed by atoms with Crippen LogP contribution in [0.3, 0.4) is 0 Å². The molecule has 0 spiro atoms. The van der Waals surface area contributed by atoms with Gasteiger partial charge < -0.3 is 10.6 Å². The van der Waals surface area contributed by atoms with Crippen molar-refractivity contribution in [1.82, 2.24) is 9.78 Å². The molecule has 3 aromatic carbocycles. The van der Waals surface area contributed by atoms with Crippen molar-refractivity contribution in [3.63, 3.8) is 0 Å². The molecular formula is C25H23FN4O. The summed E-state index contributed by atoms with van der Waals surface area (Å²) in [6.07, 6.45) is 1.76. The molecule has 2 heterocycles. The van der Waals surface area contributed by atoms with E-state index in [2.05, 4.69) is 11.2 Å². The fraction of sp³-hybridized carbons (Fsp3) is 0.200. The molecule has 0 unspecified atom stereocenters. The van der Waals surface area contributed by atoms with Gasteiger partial charge >= 0.3 is 0 Å². The Bertz CT molecular complexity index is 1280. The highest BCUT2D eigenvalue weighted by atomic mass is 19.1. The molecule has 1 aromatic heterocycles. The van der Waals surface area contributed by atoms with Crippen LogP contribution in [0, 0.1) is 18.7 Å². The average Bonchev–Trinajstić information content (AvgIpc) is 3.28. The minimum absolute atomic E-state index is 0.0179. The fourth-order valence-corrected chi connectivity index (χ4v) is 4.44. The molecule has 156 valence electrons. The summed E-state index contributed by atoms with van der Waals surface area (Å²) < 4.78 is 15.1. The van der Waals surface area contributed by atoms with Crippen LogP contribution < -0.4 is 10.6 Å². The van der Waals surface area contributed by atoms with Gasteiger partial charge in [0.05, 0.1) is 29.4 Å². The van der Waals surface area contributed by atoms with Crippen LogP contribution in [0.1, 0.15) is 24.1 Å². The molecular weight excluding hydrogens is 391 g/mol. The standard InChI is InChI=1S/C25H23FN4O/c1-15-4-3-5-17(12-15)24-23(27)16(2)25(31)29(24)21-10-11-22-18(13-21)14-28-30(22)20-8-6-19(26)7-9-20/h3-14,16,23-24H,27H2,1-2H3/t16-,23+,24-/m1/s1. The number of aryl methyl sites for hydroxylation is 1. The number of aromatic nitrogens is 2. The van der Waals surface area contributed by atoms with Gasteiger partial charge in [-0.05, 0) is 55.0 Å². The highest BCUT2D eigenvalue weighted by Crippen LogP contribution is 2.40. The Hall–Kier alpha value is -3.51. The summed E-state index contributed by atoms with van der Waals surface area (Å²) in [5.41, 5.74) is 11.1. The molecule has 0 bridgehead atoms. The van der Waals surface area contributed by atoms with Crippen LogP contribution in [0.25, 0.3) is 16.6 Å². The first-order valence-electron chi connectivity index (χ1n) is 10.3. The highest BCUT2D eigenvalue weighted by molar-refractivity contribution is 6.00. The Kier molecular flexibility index (Phi) is 4.59. The van der Waals surface area contributed by atoms with E-state index in [1.54, 1.807) is 23.0 Å². The van der Waals surface area contributed by atoms with E-state index in [1.165, 1.54) is 12.1 Å². The number of rotatable bonds is 3. The number of carbonyl (C=O) groups excluding carboxylic acids is 1. The third-order valence-corrected chi connectivity index (χ3v) is 6.13. The molecule has 1 aliphatic heterocycles. The first-order chi connectivity index (χ1) is 14.9. The molecule has 31 heavy (non-hydrogen) atoms. The molecule has 5 nitrogen and oxygen atoms in total. The van der Waals surface area contributed by atoms with Gasteiger partial charge in [0.15, 0.2) is 0 Å². The second-order valence-electron chi connectivity index (χ2n) is 8.21. The molecule has 1 aliphatic rings. The number of hydrogen-bond acceptors (Lipinski definition) is 3. The molecule has 6 heteroatoms. The average molecular weight is 414 g/mol. The minimum Gasteiger partial charge on any atom is -0.325 e. The number of benzene rings is 3. The predicted octanol–water partition coefficient (Wildman–Crippen LogP) is 4.52. The van der Waals surface area contributed by atoms with Crippen molar-refractivity contribution in [2.24, 2.45) is 11.7 Å². The van der Waals surface area contributed by atoms with Crippen molar-refractivity contribution in [2.45, 2.75) is 25.9 Å². The Morgan fingerprint density at radius 1 is 1.00 bits per heavy atom. The van der Waals surface area contributed by atoms with E-state index >= 15 is 0 Å². The van der Waals surface area contributed by atoms with E-state index in [0.717, 1.165) is 33.4 Å². The SMILES string of the molecule is Cc1cccc([C@@H]2[C@@H](N)[C@@H](C)C(=O)N2c2ccc3c(cnn3-c3ccc(F)cc3)c2)c1. The summed E-state index contributed by atoms with van der Waals surface area (Å²) in [6.45, 7) is 3.93. The quantitative estimate of drug-likeness (QED) is 0.536. The maximum Gasteiger partial charge on any atom is 0.232 e. The lowest BCUT2D eigenvalue weighted by Gasteiger charge is -2.27. The Morgan fingerprint density at radius 3 is 2.48 bits per heavy atom. The summed E-state index contributed by atoms with van der Waals surface area (Å²) in [6, 6.07) is 19.7. The van der Waals surface area contributed by atoms with Crippen LogP contribution in [-0.4, -0.2) is 21.7 Å². The molecule has 2 N–H and O–H groups in total. The normalized spacial score (nSPS) is 21.2. The van der Waals surface area contributed by atoms with E-state index < -0.39 is 0 Å². The number of amides is 1. The van der Waals surface area contributed by atoms with Gasteiger partial charge in [-0.25, -0.2) is 9.07 Å². The zero-order valence-corrected chi connectivity index (χ0v) is 17.4. The summed E-state index contributed by atoms with van der Waals surface area (Å²) in [7, 11) is 0. The summed E-state index contributed by atoms with van der Waals surface area (Å²) in [5.74, 6) is -0.546. The molecule has 0 radical (unpaired) electrons. The zero-order chi connectivity index (χ0) is 21.7. The summed E-state index contributed by atoms with van der Waals surface area (Å²) >= 11 is 0. The molecule has 5 rings (SSSR count). The largest absolute Gasteiger partial charge is 0.325 e. The van der Waals surface area contributed by atoms with E-state index in [1.807, 2.05) is 55.1 Å². The first-order valence-corrected chi connectivity index (χ1v) is 10.3. The van der Waals surface area contributed by atoms with E-state index in [-0.39, 0.29) is 29.7 Å². The maximum atomic E-state index is 13.3. The first kappa shape index (κ1) is 19.5. The summed E-state index contributed by atoms with van der Waals surface area (Å²) in [5, 5.41) is 5.36. The Balaban J connectivity index is 1.58. The van der Waals surface area contributed by atoms with Gasteiger partial charge in [0.1, 0.15) is 5.82 Å². The van der Waals surface area contributed by atoms with Crippen LogP contribution >= 0.6 is 0 Å². The van der Waals surface area contributed by atoms with Crippen LogP contribution in [0.15, 0.2) is 72.9 Å². The van der Waals surface area contributed by atoms with Crippen LogP contribution in [0.2, 0.25) is 0 Å². The van der Waals surface area contributed by atoms with E-state index in [9.17, 15) is 9.18 Å². The smallest absolute Gasteiger partial charge is 0.232 e. The van der Waals surface area contributed by atoms with Gasteiger partial charge in [0.25, 0.3) is 0 Å². The number of halogens is 1. The predicted molar refractivity (Wildman–Crippen MR) is 120 cm³/mol. The number of nitrogens with zero attached hydrogens (tertiary/aromatic N) is 3. The van der Waals surface area contributed by atoms with Gasteiger partial charge in [0.2, 0.25) is 5.91 Å². The van der Waals surface area contributed by atoms with Crippen molar-refractivity contribution in [1.29, 1.82) is 0 Å². The topological polar surface area (TPSA) is 64.2 Å². The van der Waals surface area contributed by atoms with Gasteiger partial charge in [0, 0.05) is 17.1 Å².